The van der Waals surface area contributed by atoms with E-state index in [0.717, 1.165) is 41.8 Å². The van der Waals surface area contributed by atoms with Crippen LogP contribution in [0.4, 0.5) is 5.82 Å². The fraction of sp³-hybridized carbons (Fsp3) is 0.381. The molecule has 0 radical (unpaired) electrons. The van der Waals surface area contributed by atoms with Crippen molar-refractivity contribution in [1.29, 1.82) is 5.26 Å². The molecule has 2 aromatic heterocycles. The Morgan fingerprint density at radius 3 is 2.86 bits per heavy atom. The number of anilines is 1. The van der Waals surface area contributed by atoms with Crippen molar-refractivity contribution in [2.75, 3.05) is 18.4 Å². The van der Waals surface area contributed by atoms with Crippen molar-refractivity contribution in [2.45, 2.75) is 38.8 Å². The van der Waals surface area contributed by atoms with E-state index in [1.807, 2.05) is 53.5 Å². The summed E-state index contributed by atoms with van der Waals surface area (Å²) in [6.45, 7) is 4.74. The van der Waals surface area contributed by atoms with Crippen molar-refractivity contribution in [3.63, 3.8) is 0 Å². The molecule has 1 aromatic carbocycles. The van der Waals surface area contributed by atoms with Gasteiger partial charge in [0, 0.05) is 12.1 Å². The highest BCUT2D eigenvalue weighted by molar-refractivity contribution is 5.85. The summed E-state index contributed by atoms with van der Waals surface area (Å²) in [5.41, 5.74) is 3.98. The smallest absolute Gasteiger partial charge is 0.317 e. The number of likely N-dealkylation sites (N-methyl/N-ethyl adjacent to an activating group) is 1. The van der Waals surface area contributed by atoms with Crippen LogP contribution in [0, 0.1) is 18.3 Å². The number of hydrogen-bond donors (Lipinski definition) is 2. The molecular weight excluding hydrogens is 354 g/mol. The lowest BCUT2D eigenvalue weighted by atomic mass is 9.85. The molecule has 2 N–H and O–H groups in total. The Balaban J connectivity index is 1.64. The minimum absolute atomic E-state index is 0.0836. The first-order valence-corrected chi connectivity index (χ1v) is 9.55. The van der Waals surface area contributed by atoms with Crippen molar-refractivity contribution in [3.8, 4) is 6.07 Å². The molecule has 0 aliphatic heterocycles. The number of aromatic nitrogens is 2. The summed E-state index contributed by atoms with van der Waals surface area (Å²) in [6, 6.07) is 12.7. The molecule has 1 aliphatic carbocycles. The number of nitrogens with one attached hydrogen (secondary N) is 1. The first-order chi connectivity index (χ1) is 13.5. The third kappa shape index (κ3) is 3.06. The van der Waals surface area contributed by atoms with Crippen molar-refractivity contribution >= 4 is 28.5 Å². The Labute approximate surface area is 163 Å². The van der Waals surface area contributed by atoms with Crippen LogP contribution in [-0.4, -0.2) is 50.5 Å². The summed E-state index contributed by atoms with van der Waals surface area (Å²) in [5.74, 6) is 0.137. The van der Waals surface area contributed by atoms with Gasteiger partial charge in [0.1, 0.15) is 11.9 Å². The van der Waals surface area contributed by atoms with E-state index in [4.69, 9.17) is 5.11 Å². The molecule has 7 nitrogen and oxygen atoms in total. The number of carbonyl (C=O) groups is 1. The number of para-hydroxylation sites is 2. The van der Waals surface area contributed by atoms with Crippen molar-refractivity contribution in [1.82, 2.24) is 14.3 Å². The number of aryl methyl sites for hydroxylation is 1. The van der Waals surface area contributed by atoms with Gasteiger partial charge in [-0.15, -0.1) is 0 Å². The third-order valence-corrected chi connectivity index (χ3v) is 5.61. The van der Waals surface area contributed by atoms with Crippen LogP contribution in [0.3, 0.4) is 0 Å². The molecule has 3 aromatic rings. The zero-order valence-corrected chi connectivity index (χ0v) is 16.0. The maximum absolute atomic E-state index is 11.0. The maximum Gasteiger partial charge on any atom is 0.317 e. The van der Waals surface area contributed by atoms with Gasteiger partial charge >= 0.3 is 5.97 Å². The molecule has 0 saturated heterocycles. The molecular formula is C21H23N5O2. The zero-order valence-electron chi connectivity index (χ0n) is 16.0. The highest BCUT2D eigenvalue weighted by Crippen LogP contribution is 2.32. The van der Waals surface area contributed by atoms with Gasteiger partial charge in [-0.2, -0.15) is 5.26 Å². The van der Waals surface area contributed by atoms with E-state index in [-0.39, 0.29) is 18.6 Å². The second kappa shape index (κ2) is 7.13. The lowest BCUT2D eigenvalue weighted by molar-refractivity contribution is -0.139. The summed E-state index contributed by atoms with van der Waals surface area (Å²) >= 11 is 0. The predicted molar refractivity (Wildman–Crippen MR) is 107 cm³/mol. The number of rotatable bonds is 6. The van der Waals surface area contributed by atoms with Gasteiger partial charge in [-0.25, -0.2) is 4.98 Å². The highest BCUT2D eigenvalue weighted by atomic mass is 16.4. The molecule has 2 heterocycles. The van der Waals surface area contributed by atoms with Crippen molar-refractivity contribution < 1.29 is 9.90 Å². The van der Waals surface area contributed by atoms with E-state index < -0.39 is 5.97 Å². The van der Waals surface area contributed by atoms with Gasteiger partial charge in [0.2, 0.25) is 0 Å². The third-order valence-electron chi connectivity index (χ3n) is 5.61. The molecule has 1 aliphatic rings. The van der Waals surface area contributed by atoms with E-state index >= 15 is 0 Å². The number of aliphatic carboxylic acids is 1. The van der Waals surface area contributed by atoms with Gasteiger partial charge in [-0.05, 0) is 50.1 Å². The average Bonchev–Trinajstić information content (AvgIpc) is 3.02. The molecule has 1 fully saturated rings. The molecule has 0 amide bonds. The maximum atomic E-state index is 11.0. The van der Waals surface area contributed by atoms with Crippen LogP contribution in [0.5, 0.6) is 0 Å². The van der Waals surface area contributed by atoms with Crippen LogP contribution >= 0.6 is 0 Å². The Morgan fingerprint density at radius 1 is 1.43 bits per heavy atom. The molecule has 0 spiro atoms. The Kier molecular flexibility index (Phi) is 4.65. The van der Waals surface area contributed by atoms with Gasteiger partial charge in [0.05, 0.1) is 23.1 Å². The van der Waals surface area contributed by atoms with Crippen LogP contribution in [0.15, 0.2) is 30.3 Å². The quantitative estimate of drug-likeness (QED) is 0.686. The number of carboxylic acids is 1. The second-order valence-corrected chi connectivity index (χ2v) is 7.38. The summed E-state index contributed by atoms with van der Waals surface area (Å²) in [5, 5.41) is 22.2. The number of nitrogens with zero attached hydrogens (tertiary/aromatic N) is 4. The predicted octanol–water partition coefficient (Wildman–Crippen LogP) is 3.02. The lowest BCUT2D eigenvalue weighted by Crippen LogP contribution is -2.51. The SMILES string of the molecule is CCN(CC(=O)O)C1CC(Nc2cc(C)c(C#N)c3nc4ccccc4n23)C1. The minimum Gasteiger partial charge on any atom is -0.480 e. The summed E-state index contributed by atoms with van der Waals surface area (Å²) in [7, 11) is 0. The van der Waals surface area contributed by atoms with Crippen LogP contribution in [-0.2, 0) is 4.79 Å². The number of benzene rings is 1. The Bertz CT molecular complexity index is 1090. The zero-order chi connectivity index (χ0) is 19.8. The molecule has 144 valence electrons. The lowest BCUT2D eigenvalue weighted by Gasteiger charge is -2.42. The molecule has 28 heavy (non-hydrogen) atoms. The molecule has 7 heteroatoms. The monoisotopic (exact) mass is 377 g/mol. The number of nitriles is 1. The van der Waals surface area contributed by atoms with Gasteiger partial charge < -0.3 is 10.4 Å². The molecule has 0 unspecified atom stereocenters. The Hall–Kier alpha value is -3.11. The van der Waals surface area contributed by atoms with Gasteiger partial charge in [0.25, 0.3) is 0 Å². The van der Waals surface area contributed by atoms with Crippen LogP contribution in [0.25, 0.3) is 16.7 Å². The molecule has 1 saturated carbocycles. The fourth-order valence-electron chi connectivity index (χ4n) is 4.09. The average molecular weight is 377 g/mol. The summed E-state index contributed by atoms with van der Waals surface area (Å²) in [4.78, 5) is 17.7. The van der Waals surface area contributed by atoms with Gasteiger partial charge in [0.15, 0.2) is 5.65 Å². The first-order valence-electron chi connectivity index (χ1n) is 9.55. The second-order valence-electron chi connectivity index (χ2n) is 7.38. The number of carboxylic acid groups (broad SMARTS) is 1. The standard InChI is InChI=1S/C21H23N5O2/c1-3-25(12-20(27)28)15-9-14(10-15)23-19-8-13(2)16(11-22)21-24-17-6-4-5-7-18(17)26(19)21/h4-8,14-15,23H,3,9-10,12H2,1-2H3,(H,27,28). The topological polar surface area (TPSA) is 93.7 Å². The van der Waals surface area contributed by atoms with Crippen molar-refractivity contribution in [3.05, 3.63) is 41.5 Å². The van der Waals surface area contributed by atoms with E-state index in [2.05, 4.69) is 16.4 Å². The summed E-state index contributed by atoms with van der Waals surface area (Å²) in [6.07, 6.45) is 1.79. The number of imidazole rings is 1. The van der Waals surface area contributed by atoms with Crippen molar-refractivity contribution in [2.24, 2.45) is 0 Å². The first kappa shape index (κ1) is 18.3. The van der Waals surface area contributed by atoms with Crippen LogP contribution in [0.2, 0.25) is 0 Å². The van der Waals surface area contributed by atoms with Gasteiger partial charge in [-0.3, -0.25) is 14.1 Å². The minimum atomic E-state index is -0.785. The molecule has 4 rings (SSSR count). The number of pyridine rings is 1. The van der Waals surface area contributed by atoms with E-state index in [1.165, 1.54) is 0 Å². The van der Waals surface area contributed by atoms with Gasteiger partial charge in [-0.1, -0.05) is 19.1 Å². The Morgan fingerprint density at radius 2 is 2.18 bits per heavy atom. The fourth-order valence-corrected chi connectivity index (χ4v) is 4.09. The van der Waals surface area contributed by atoms with E-state index in [1.54, 1.807) is 0 Å². The van der Waals surface area contributed by atoms with Crippen LogP contribution in [0.1, 0.15) is 30.9 Å². The number of fused-ring (bicyclic) bond motifs is 3. The normalized spacial score (nSPS) is 18.9. The summed E-state index contributed by atoms with van der Waals surface area (Å²) < 4.78 is 2.02. The highest BCUT2D eigenvalue weighted by Gasteiger charge is 2.34. The molecule has 0 bridgehead atoms. The van der Waals surface area contributed by atoms with Crippen LogP contribution < -0.4 is 5.32 Å². The largest absolute Gasteiger partial charge is 0.480 e. The van der Waals surface area contributed by atoms with E-state index in [9.17, 15) is 10.1 Å². The number of hydrogen-bond acceptors (Lipinski definition) is 5. The molecule has 0 atom stereocenters. The van der Waals surface area contributed by atoms with E-state index in [0.29, 0.717) is 11.2 Å².